The van der Waals surface area contributed by atoms with Gasteiger partial charge in [0.25, 0.3) is 5.91 Å². The molecule has 1 fully saturated rings. The van der Waals surface area contributed by atoms with Gasteiger partial charge in [-0.2, -0.15) is 0 Å². The van der Waals surface area contributed by atoms with Gasteiger partial charge in [-0.05, 0) is 30.3 Å². The number of anilines is 2. The van der Waals surface area contributed by atoms with Crippen molar-refractivity contribution in [2.24, 2.45) is 0 Å². The summed E-state index contributed by atoms with van der Waals surface area (Å²) in [4.78, 5) is 28.8. The number of carbonyl (C=O) groups is 2. The number of nitrogens with zero attached hydrogens (tertiary/aromatic N) is 2. The normalized spacial score (nSPS) is 14.0. The standard InChI is InChI=1S/C21H24ClN3O3/c1-3-20(26)25-12-10-24(11-13-25)18-7-5-4-6-17(18)23-21(27)16-14-15(22)8-9-19(16)28-2/h4-9,14H,3,10-13H2,1-2H3,(H,23,27). The van der Waals surface area contributed by atoms with Crippen molar-refractivity contribution in [3.8, 4) is 5.75 Å². The van der Waals surface area contributed by atoms with E-state index >= 15 is 0 Å². The van der Waals surface area contributed by atoms with E-state index in [4.69, 9.17) is 16.3 Å². The van der Waals surface area contributed by atoms with Gasteiger partial charge in [-0.25, -0.2) is 0 Å². The van der Waals surface area contributed by atoms with Crippen molar-refractivity contribution < 1.29 is 14.3 Å². The maximum absolute atomic E-state index is 12.8. The number of amides is 2. The Kier molecular flexibility index (Phi) is 6.41. The maximum Gasteiger partial charge on any atom is 0.259 e. The predicted octanol–water partition coefficient (Wildman–Crippen LogP) is 3.66. The first kappa shape index (κ1) is 20.0. The van der Waals surface area contributed by atoms with E-state index < -0.39 is 0 Å². The first-order chi connectivity index (χ1) is 13.5. The molecule has 1 aliphatic heterocycles. The van der Waals surface area contributed by atoms with Crippen LogP contribution in [-0.4, -0.2) is 50.0 Å². The third kappa shape index (κ3) is 4.39. The lowest BCUT2D eigenvalue weighted by Gasteiger charge is -2.36. The number of para-hydroxylation sites is 2. The molecule has 0 unspecified atom stereocenters. The highest BCUT2D eigenvalue weighted by Crippen LogP contribution is 2.29. The van der Waals surface area contributed by atoms with Crippen molar-refractivity contribution in [1.82, 2.24) is 4.90 Å². The van der Waals surface area contributed by atoms with Crippen LogP contribution < -0.4 is 15.0 Å². The molecule has 0 bridgehead atoms. The number of benzene rings is 2. The van der Waals surface area contributed by atoms with E-state index in [9.17, 15) is 9.59 Å². The van der Waals surface area contributed by atoms with Gasteiger partial charge >= 0.3 is 0 Å². The van der Waals surface area contributed by atoms with Gasteiger partial charge in [-0.15, -0.1) is 0 Å². The zero-order valence-corrected chi connectivity index (χ0v) is 16.8. The molecule has 0 aliphatic carbocycles. The topological polar surface area (TPSA) is 61.9 Å². The summed E-state index contributed by atoms with van der Waals surface area (Å²) in [6.07, 6.45) is 0.522. The third-order valence-corrected chi connectivity index (χ3v) is 5.07. The summed E-state index contributed by atoms with van der Waals surface area (Å²) in [6.45, 7) is 4.68. The van der Waals surface area contributed by atoms with E-state index in [2.05, 4.69) is 10.2 Å². The molecule has 0 atom stereocenters. The van der Waals surface area contributed by atoms with Crippen LogP contribution in [0, 0.1) is 0 Å². The van der Waals surface area contributed by atoms with Gasteiger partial charge in [0.2, 0.25) is 5.91 Å². The molecule has 3 rings (SSSR count). The van der Waals surface area contributed by atoms with E-state index in [0.29, 0.717) is 41.5 Å². The Hall–Kier alpha value is -2.73. The third-order valence-electron chi connectivity index (χ3n) is 4.83. The largest absolute Gasteiger partial charge is 0.496 e. The van der Waals surface area contributed by atoms with Crippen LogP contribution in [0.1, 0.15) is 23.7 Å². The number of rotatable bonds is 5. The molecular weight excluding hydrogens is 378 g/mol. The molecule has 1 aliphatic rings. The molecular formula is C21H24ClN3O3. The summed E-state index contributed by atoms with van der Waals surface area (Å²) in [5.74, 6) is 0.354. The average molecular weight is 402 g/mol. The average Bonchev–Trinajstić information content (AvgIpc) is 2.73. The van der Waals surface area contributed by atoms with Crippen molar-refractivity contribution in [2.75, 3.05) is 43.5 Å². The van der Waals surface area contributed by atoms with Gasteiger partial charge in [0, 0.05) is 37.6 Å². The Bertz CT molecular complexity index is 864. The SMILES string of the molecule is CCC(=O)N1CCN(c2ccccc2NC(=O)c2cc(Cl)ccc2OC)CC1. The van der Waals surface area contributed by atoms with Crippen molar-refractivity contribution in [2.45, 2.75) is 13.3 Å². The number of methoxy groups -OCH3 is 1. The number of hydrogen-bond donors (Lipinski definition) is 1. The number of carbonyl (C=O) groups excluding carboxylic acids is 2. The molecule has 1 N–H and O–H groups in total. The molecule has 1 saturated heterocycles. The molecule has 6 nitrogen and oxygen atoms in total. The van der Waals surface area contributed by atoms with Crippen LogP contribution in [0.2, 0.25) is 5.02 Å². The second kappa shape index (κ2) is 8.97. The smallest absolute Gasteiger partial charge is 0.259 e. The molecule has 7 heteroatoms. The Labute approximate surface area is 170 Å². The summed E-state index contributed by atoms with van der Waals surface area (Å²) in [5.41, 5.74) is 2.02. The Balaban J connectivity index is 1.77. The van der Waals surface area contributed by atoms with Crippen LogP contribution >= 0.6 is 11.6 Å². The van der Waals surface area contributed by atoms with Gasteiger partial charge < -0.3 is 19.9 Å². The van der Waals surface area contributed by atoms with Gasteiger partial charge in [-0.3, -0.25) is 9.59 Å². The molecule has 2 aromatic carbocycles. The molecule has 0 spiro atoms. The van der Waals surface area contributed by atoms with E-state index in [1.54, 1.807) is 18.2 Å². The van der Waals surface area contributed by atoms with Crippen LogP contribution in [0.4, 0.5) is 11.4 Å². The summed E-state index contributed by atoms with van der Waals surface area (Å²) in [5, 5.41) is 3.44. The Morgan fingerprint density at radius 3 is 2.50 bits per heavy atom. The van der Waals surface area contributed by atoms with Gasteiger partial charge in [-0.1, -0.05) is 30.7 Å². The van der Waals surface area contributed by atoms with Crippen LogP contribution in [-0.2, 0) is 4.79 Å². The van der Waals surface area contributed by atoms with Crippen molar-refractivity contribution in [1.29, 1.82) is 0 Å². The molecule has 0 aromatic heterocycles. The maximum atomic E-state index is 12.8. The summed E-state index contributed by atoms with van der Waals surface area (Å²) in [6, 6.07) is 12.6. The van der Waals surface area contributed by atoms with E-state index in [1.807, 2.05) is 36.1 Å². The van der Waals surface area contributed by atoms with Gasteiger partial charge in [0.05, 0.1) is 24.0 Å². The zero-order valence-electron chi connectivity index (χ0n) is 16.1. The Morgan fingerprint density at radius 2 is 1.82 bits per heavy atom. The van der Waals surface area contributed by atoms with Crippen LogP contribution in [0.25, 0.3) is 0 Å². The highest BCUT2D eigenvalue weighted by molar-refractivity contribution is 6.31. The lowest BCUT2D eigenvalue weighted by atomic mass is 10.1. The lowest BCUT2D eigenvalue weighted by Crippen LogP contribution is -2.48. The van der Waals surface area contributed by atoms with Crippen molar-refractivity contribution in [3.05, 3.63) is 53.1 Å². The fourth-order valence-corrected chi connectivity index (χ4v) is 3.49. The first-order valence-electron chi connectivity index (χ1n) is 9.30. The molecule has 0 saturated carbocycles. The molecule has 0 radical (unpaired) electrons. The minimum Gasteiger partial charge on any atom is -0.496 e. The van der Waals surface area contributed by atoms with Crippen LogP contribution in [0.15, 0.2) is 42.5 Å². The number of halogens is 1. The van der Waals surface area contributed by atoms with E-state index in [-0.39, 0.29) is 11.8 Å². The van der Waals surface area contributed by atoms with Crippen LogP contribution in [0.3, 0.4) is 0 Å². The van der Waals surface area contributed by atoms with E-state index in [1.165, 1.54) is 7.11 Å². The molecule has 28 heavy (non-hydrogen) atoms. The van der Waals surface area contributed by atoms with Crippen LogP contribution in [0.5, 0.6) is 5.75 Å². The monoisotopic (exact) mass is 401 g/mol. The van der Waals surface area contributed by atoms with Gasteiger partial charge in [0.15, 0.2) is 0 Å². The number of hydrogen-bond acceptors (Lipinski definition) is 4. The quantitative estimate of drug-likeness (QED) is 0.830. The highest BCUT2D eigenvalue weighted by atomic mass is 35.5. The summed E-state index contributed by atoms with van der Waals surface area (Å²) < 4.78 is 5.28. The highest BCUT2D eigenvalue weighted by Gasteiger charge is 2.22. The molecule has 2 amide bonds. The zero-order chi connectivity index (χ0) is 20.1. The minimum atomic E-state index is -0.286. The molecule has 148 valence electrons. The predicted molar refractivity (Wildman–Crippen MR) is 111 cm³/mol. The fraction of sp³-hybridized carbons (Fsp3) is 0.333. The van der Waals surface area contributed by atoms with Crippen molar-refractivity contribution in [3.63, 3.8) is 0 Å². The summed E-state index contributed by atoms with van der Waals surface area (Å²) in [7, 11) is 1.52. The van der Waals surface area contributed by atoms with Crippen molar-refractivity contribution >= 4 is 34.8 Å². The lowest BCUT2D eigenvalue weighted by molar-refractivity contribution is -0.131. The second-order valence-corrected chi connectivity index (χ2v) is 6.97. The fourth-order valence-electron chi connectivity index (χ4n) is 3.32. The molecule has 2 aromatic rings. The first-order valence-corrected chi connectivity index (χ1v) is 9.68. The molecule has 1 heterocycles. The number of ether oxygens (including phenoxy) is 1. The van der Waals surface area contributed by atoms with Gasteiger partial charge in [0.1, 0.15) is 5.75 Å². The minimum absolute atomic E-state index is 0.175. The second-order valence-electron chi connectivity index (χ2n) is 6.54. The Morgan fingerprint density at radius 1 is 1.11 bits per heavy atom. The number of nitrogens with one attached hydrogen (secondary N) is 1. The number of piperazine rings is 1. The van der Waals surface area contributed by atoms with E-state index in [0.717, 1.165) is 18.8 Å². The summed E-state index contributed by atoms with van der Waals surface area (Å²) >= 11 is 6.05.